The number of hydrogen-bond donors (Lipinski definition) is 0. The van der Waals surface area contributed by atoms with Crippen LogP contribution in [0.15, 0.2) is 15.5 Å². The molecule has 0 saturated carbocycles. The first-order valence-electron chi connectivity index (χ1n) is 2.62. The van der Waals surface area contributed by atoms with Crippen LogP contribution in [0.3, 0.4) is 0 Å². The number of nitrogens with zero attached hydrogens (tertiary/aromatic N) is 1. The molecule has 0 radical (unpaired) electrons. The van der Waals surface area contributed by atoms with Crippen LogP contribution >= 0.6 is 11.9 Å². The standard InChI is InChI=1S/C6H9NS/c1-5-3-7-8-4-6(5)2/h3H,4H2,1-2H3. The van der Waals surface area contributed by atoms with E-state index in [1.54, 1.807) is 11.9 Å². The van der Waals surface area contributed by atoms with E-state index in [-0.39, 0.29) is 0 Å². The first-order chi connectivity index (χ1) is 3.80. The summed E-state index contributed by atoms with van der Waals surface area (Å²) in [6.45, 7) is 4.24. The molecule has 1 heterocycles. The smallest absolute Gasteiger partial charge is 0.0380 e. The number of rotatable bonds is 0. The average Bonchev–Trinajstić information content (AvgIpc) is 1.77. The summed E-state index contributed by atoms with van der Waals surface area (Å²) in [6.07, 6.45) is 1.92. The summed E-state index contributed by atoms with van der Waals surface area (Å²) >= 11 is 1.62. The molecule has 44 valence electrons. The lowest BCUT2D eigenvalue weighted by Crippen LogP contribution is -1.92. The van der Waals surface area contributed by atoms with Crippen molar-refractivity contribution in [2.45, 2.75) is 13.8 Å². The third-order valence-electron chi connectivity index (χ3n) is 1.28. The summed E-state index contributed by atoms with van der Waals surface area (Å²) in [4.78, 5) is 0. The van der Waals surface area contributed by atoms with Crippen LogP contribution in [0.5, 0.6) is 0 Å². The van der Waals surface area contributed by atoms with Gasteiger partial charge < -0.3 is 0 Å². The van der Waals surface area contributed by atoms with Gasteiger partial charge in [0, 0.05) is 12.0 Å². The van der Waals surface area contributed by atoms with Crippen molar-refractivity contribution in [1.29, 1.82) is 0 Å². The molecule has 0 aromatic carbocycles. The van der Waals surface area contributed by atoms with Gasteiger partial charge in [0.15, 0.2) is 0 Å². The summed E-state index contributed by atoms with van der Waals surface area (Å²) in [7, 11) is 0. The molecule has 2 heteroatoms. The van der Waals surface area contributed by atoms with Gasteiger partial charge in [-0.25, -0.2) is 4.40 Å². The van der Waals surface area contributed by atoms with Crippen molar-refractivity contribution in [2.24, 2.45) is 4.40 Å². The molecule has 0 unspecified atom stereocenters. The highest BCUT2D eigenvalue weighted by Gasteiger charge is 1.98. The molecule has 0 amide bonds. The fourth-order valence-electron chi connectivity index (χ4n) is 0.474. The van der Waals surface area contributed by atoms with E-state index in [1.165, 1.54) is 11.1 Å². The van der Waals surface area contributed by atoms with Gasteiger partial charge in [-0.3, -0.25) is 0 Å². The fourth-order valence-corrected chi connectivity index (χ4v) is 1.20. The highest BCUT2D eigenvalue weighted by atomic mass is 32.2. The summed E-state index contributed by atoms with van der Waals surface area (Å²) in [5, 5.41) is 0. The van der Waals surface area contributed by atoms with E-state index in [4.69, 9.17) is 0 Å². The Kier molecular flexibility index (Phi) is 1.73. The first kappa shape index (κ1) is 5.89. The molecular weight excluding hydrogens is 118 g/mol. The lowest BCUT2D eigenvalue weighted by molar-refractivity contribution is 1.33. The minimum Gasteiger partial charge on any atom is -0.224 e. The molecule has 0 fully saturated rings. The predicted molar refractivity (Wildman–Crippen MR) is 39.3 cm³/mol. The molecule has 0 aromatic rings. The summed E-state index contributed by atoms with van der Waals surface area (Å²) < 4.78 is 4.04. The zero-order valence-electron chi connectivity index (χ0n) is 5.14. The van der Waals surface area contributed by atoms with Crippen molar-refractivity contribution in [2.75, 3.05) is 5.75 Å². The van der Waals surface area contributed by atoms with Crippen molar-refractivity contribution in [1.82, 2.24) is 0 Å². The van der Waals surface area contributed by atoms with E-state index >= 15 is 0 Å². The molecule has 8 heavy (non-hydrogen) atoms. The van der Waals surface area contributed by atoms with E-state index < -0.39 is 0 Å². The highest BCUT2D eigenvalue weighted by molar-refractivity contribution is 7.98. The molecule has 0 atom stereocenters. The third-order valence-corrected chi connectivity index (χ3v) is 2.09. The Balaban J connectivity index is 2.76. The molecule has 0 bridgehead atoms. The summed E-state index contributed by atoms with van der Waals surface area (Å²) in [5.41, 5.74) is 2.77. The molecular formula is C6H9NS. The lowest BCUT2D eigenvalue weighted by Gasteiger charge is -2.04. The van der Waals surface area contributed by atoms with E-state index in [2.05, 4.69) is 18.2 Å². The van der Waals surface area contributed by atoms with E-state index in [9.17, 15) is 0 Å². The Morgan fingerprint density at radius 2 is 2.38 bits per heavy atom. The van der Waals surface area contributed by atoms with Crippen molar-refractivity contribution < 1.29 is 0 Å². The van der Waals surface area contributed by atoms with Gasteiger partial charge in [-0.15, -0.1) is 0 Å². The molecule has 0 aliphatic carbocycles. The van der Waals surface area contributed by atoms with Gasteiger partial charge in [0.2, 0.25) is 0 Å². The van der Waals surface area contributed by atoms with Crippen LogP contribution in [-0.4, -0.2) is 12.0 Å². The van der Waals surface area contributed by atoms with Gasteiger partial charge in [-0.2, -0.15) is 0 Å². The molecule has 0 aromatic heterocycles. The number of hydrogen-bond acceptors (Lipinski definition) is 2. The van der Waals surface area contributed by atoms with Gasteiger partial charge in [0.25, 0.3) is 0 Å². The second-order valence-electron chi connectivity index (χ2n) is 1.97. The molecule has 0 spiro atoms. The Morgan fingerprint density at radius 3 is 2.75 bits per heavy atom. The number of allylic oxidation sites excluding steroid dienone is 1. The first-order valence-corrected chi connectivity index (χ1v) is 3.56. The Bertz CT molecular complexity index is 147. The summed E-state index contributed by atoms with van der Waals surface area (Å²) in [5.74, 6) is 1.07. The maximum atomic E-state index is 4.04. The predicted octanol–water partition coefficient (Wildman–Crippen LogP) is 2.06. The summed E-state index contributed by atoms with van der Waals surface area (Å²) in [6, 6.07) is 0. The minimum atomic E-state index is 1.07. The van der Waals surface area contributed by atoms with Gasteiger partial charge in [0.05, 0.1) is 0 Å². The second kappa shape index (κ2) is 2.35. The lowest BCUT2D eigenvalue weighted by atomic mass is 10.2. The largest absolute Gasteiger partial charge is 0.224 e. The van der Waals surface area contributed by atoms with Crippen LogP contribution in [0, 0.1) is 0 Å². The quantitative estimate of drug-likeness (QED) is 0.454. The maximum Gasteiger partial charge on any atom is 0.0380 e. The second-order valence-corrected chi connectivity index (χ2v) is 2.73. The molecule has 0 saturated heterocycles. The van der Waals surface area contributed by atoms with Gasteiger partial charge in [-0.05, 0) is 31.4 Å². The van der Waals surface area contributed by atoms with E-state index in [0.29, 0.717) is 0 Å². The molecule has 0 N–H and O–H groups in total. The van der Waals surface area contributed by atoms with Gasteiger partial charge in [0.1, 0.15) is 0 Å². The molecule has 1 rings (SSSR count). The average molecular weight is 127 g/mol. The highest BCUT2D eigenvalue weighted by Crippen LogP contribution is 2.16. The van der Waals surface area contributed by atoms with Gasteiger partial charge in [-0.1, -0.05) is 5.57 Å². The van der Waals surface area contributed by atoms with Crippen molar-refractivity contribution in [3.05, 3.63) is 11.1 Å². The van der Waals surface area contributed by atoms with Crippen LogP contribution in [0.4, 0.5) is 0 Å². The van der Waals surface area contributed by atoms with E-state index in [1.807, 2.05) is 6.21 Å². The zero-order valence-corrected chi connectivity index (χ0v) is 5.96. The van der Waals surface area contributed by atoms with Crippen LogP contribution in [0.25, 0.3) is 0 Å². The molecule has 1 nitrogen and oxygen atoms in total. The maximum absolute atomic E-state index is 4.04. The Morgan fingerprint density at radius 1 is 1.62 bits per heavy atom. The van der Waals surface area contributed by atoms with Crippen LogP contribution in [0.1, 0.15) is 13.8 Å². The van der Waals surface area contributed by atoms with Crippen LogP contribution in [-0.2, 0) is 0 Å². The van der Waals surface area contributed by atoms with Crippen molar-refractivity contribution in [3.8, 4) is 0 Å². The minimum absolute atomic E-state index is 1.07. The monoisotopic (exact) mass is 127 g/mol. The van der Waals surface area contributed by atoms with E-state index in [0.717, 1.165) is 5.75 Å². The zero-order chi connectivity index (χ0) is 5.98. The Labute approximate surface area is 54.0 Å². The molecule has 1 aliphatic rings. The van der Waals surface area contributed by atoms with Crippen LogP contribution in [0.2, 0.25) is 0 Å². The molecule has 1 aliphatic heterocycles. The fraction of sp³-hybridized carbons (Fsp3) is 0.500. The van der Waals surface area contributed by atoms with Crippen LogP contribution < -0.4 is 0 Å². The SMILES string of the molecule is CC1=C(C)CSN=C1. The normalized spacial score (nSPS) is 19.8. The van der Waals surface area contributed by atoms with Crippen molar-refractivity contribution in [3.63, 3.8) is 0 Å². The Hall–Kier alpha value is -0.240. The third kappa shape index (κ3) is 1.13. The van der Waals surface area contributed by atoms with Crippen molar-refractivity contribution >= 4 is 18.2 Å². The topological polar surface area (TPSA) is 12.4 Å². The van der Waals surface area contributed by atoms with Gasteiger partial charge >= 0.3 is 0 Å².